The second kappa shape index (κ2) is 4.14. The molecule has 0 fully saturated rings. The van der Waals surface area contributed by atoms with Crippen LogP contribution in [0.25, 0.3) is 10.9 Å². The average Bonchev–Trinajstić information content (AvgIpc) is 2.86. The maximum absolute atomic E-state index is 6.14. The van der Waals surface area contributed by atoms with Gasteiger partial charge in [-0.2, -0.15) is 0 Å². The van der Waals surface area contributed by atoms with E-state index < -0.39 is 0 Å². The number of benzene rings is 1. The van der Waals surface area contributed by atoms with E-state index in [1.54, 1.807) is 17.1 Å². The predicted molar refractivity (Wildman–Crippen MR) is 65.9 cm³/mol. The van der Waals surface area contributed by atoms with Crippen LogP contribution in [-0.4, -0.2) is 20.0 Å². The van der Waals surface area contributed by atoms with Crippen molar-refractivity contribution in [2.75, 3.05) is 0 Å². The Labute approximate surface area is 103 Å². The van der Waals surface area contributed by atoms with Crippen molar-refractivity contribution < 1.29 is 0 Å². The molecule has 2 aromatic heterocycles. The molecule has 0 bridgehead atoms. The van der Waals surface area contributed by atoms with E-state index in [1.165, 1.54) is 0 Å². The third-order valence-corrected chi connectivity index (χ3v) is 2.93. The van der Waals surface area contributed by atoms with E-state index in [2.05, 4.69) is 15.3 Å². The summed E-state index contributed by atoms with van der Waals surface area (Å²) in [6, 6.07) is 7.71. The van der Waals surface area contributed by atoms with Gasteiger partial charge in [-0.05, 0) is 23.8 Å². The van der Waals surface area contributed by atoms with Crippen LogP contribution in [0.2, 0.25) is 5.02 Å². The zero-order chi connectivity index (χ0) is 11.7. The van der Waals surface area contributed by atoms with Crippen LogP contribution in [0.1, 0.15) is 5.56 Å². The second-order valence-corrected chi connectivity index (χ2v) is 4.11. The first-order chi connectivity index (χ1) is 8.34. The van der Waals surface area contributed by atoms with Gasteiger partial charge in [0.2, 0.25) is 0 Å². The van der Waals surface area contributed by atoms with Gasteiger partial charge in [0, 0.05) is 22.8 Å². The van der Waals surface area contributed by atoms with Crippen molar-refractivity contribution in [3.05, 3.63) is 53.4 Å². The van der Waals surface area contributed by atoms with Crippen molar-refractivity contribution in [1.29, 1.82) is 0 Å². The Kier molecular flexibility index (Phi) is 2.49. The number of nitrogens with zero attached hydrogens (tertiary/aromatic N) is 4. The molecule has 84 valence electrons. The Balaban J connectivity index is 2.14. The van der Waals surface area contributed by atoms with Gasteiger partial charge in [0.25, 0.3) is 0 Å². The Morgan fingerprint density at radius 1 is 1.18 bits per heavy atom. The molecular formula is C12H9ClN4. The van der Waals surface area contributed by atoms with Crippen molar-refractivity contribution >= 4 is 22.5 Å². The van der Waals surface area contributed by atoms with Crippen LogP contribution in [0, 0.1) is 0 Å². The summed E-state index contributed by atoms with van der Waals surface area (Å²) in [7, 11) is 0. The number of fused-ring (bicyclic) bond motifs is 1. The topological polar surface area (TPSA) is 43.6 Å². The molecule has 17 heavy (non-hydrogen) atoms. The van der Waals surface area contributed by atoms with Gasteiger partial charge in [-0.3, -0.25) is 4.98 Å². The minimum atomic E-state index is 0.644. The zero-order valence-electron chi connectivity index (χ0n) is 8.92. The normalized spacial score (nSPS) is 10.9. The second-order valence-electron chi connectivity index (χ2n) is 3.71. The SMILES string of the molecule is Clc1ccc(Cn2ccnn2)c2ncccc12. The lowest BCUT2D eigenvalue weighted by molar-refractivity contribution is 0.651. The van der Waals surface area contributed by atoms with Crippen molar-refractivity contribution in [1.82, 2.24) is 20.0 Å². The monoisotopic (exact) mass is 244 g/mol. The zero-order valence-corrected chi connectivity index (χ0v) is 9.67. The summed E-state index contributed by atoms with van der Waals surface area (Å²) in [6.45, 7) is 0.644. The number of rotatable bonds is 2. The molecule has 0 aliphatic heterocycles. The molecule has 2 heterocycles. The van der Waals surface area contributed by atoms with Gasteiger partial charge >= 0.3 is 0 Å². The maximum Gasteiger partial charge on any atom is 0.0767 e. The third-order valence-electron chi connectivity index (χ3n) is 2.60. The first kappa shape index (κ1) is 10.2. The van der Waals surface area contributed by atoms with Crippen LogP contribution in [0.15, 0.2) is 42.9 Å². The van der Waals surface area contributed by atoms with E-state index in [9.17, 15) is 0 Å². The number of pyridine rings is 1. The fourth-order valence-corrected chi connectivity index (χ4v) is 2.03. The summed E-state index contributed by atoms with van der Waals surface area (Å²) in [5.41, 5.74) is 1.99. The summed E-state index contributed by atoms with van der Waals surface area (Å²) in [6.07, 6.45) is 5.25. The van der Waals surface area contributed by atoms with Crippen LogP contribution < -0.4 is 0 Å². The summed E-state index contributed by atoms with van der Waals surface area (Å²) >= 11 is 6.14. The molecule has 0 aliphatic carbocycles. The highest BCUT2D eigenvalue weighted by Crippen LogP contribution is 2.24. The lowest BCUT2D eigenvalue weighted by Gasteiger charge is -2.06. The van der Waals surface area contributed by atoms with Crippen LogP contribution >= 0.6 is 11.6 Å². The predicted octanol–water partition coefficient (Wildman–Crippen LogP) is 2.53. The van der Waals surface area contributed by atoms with Gasteiger partial charge in [-0.15, -0.1) is 5.10 Å². The molecule has 3 aromatic rings. The smallest absolute Gasteiger partial charge is 0.0767 e. The van der Waals surface area contributed by atoms with Crippen LogP contribution in [0.3, 0.4) is 0 Å². The fraction of sp³-hybridized carbons (Fsp3) is 0.0833. The molecular weight excluding hydrogens is 236 g/mol. The molecule has 0 atom stereocenters. The minimum Gasteiger partial charge on any atom is -0.256 e. The lowest BCUT2D eigenvalue weighted by atomic mass is 10.1. The van der Waals surface area contributed by atoms with E-state index >= 15 is 0 Å². The molecule has 0 aliphatic rings. The molecule has 0 N–H and O–H groups in total. The molecule has 0 saturated carbocycles. The molecule has 0 saturated heterocycles. The maximum atomic E-state index is 6.14. The van der Waals surface area contributed by atoms with Gasteiger partial charge in [-0.1, -0.05) is 22.9 Å². The van der Waals surface area contributed by atoms with Gasteiger partial charge in [0.1, 0.15) is 0 Å². The Morgan fingerprint density at radius 2 is 2.12 bits per heavy atom. The standard InChI is InChI=1S/C12H9ClN4/c13-11-4-3-9(8-17-7-6-15-16-17)12-10(11)2-1-5-14-12/h1-7H,8H2. The highest BCUT2D eigenvalue weighted by Gasteiger charge is 2.06. The average molecular weight is 245 g/mol. The Bertz CT molecular complexity index is 649. The third kappa shape index (κ3) is 1.87. The number of halogens is 1. The van der Waals surface area contributed by atoms with Crippen LogP contribution in [-0.2, 0) is 6.54 Å². The molecule has 1 aromatic carbocycles. The molecule has 4 nitrogen and oxygen atoms in total. The molecule has 0 radical (unpaired) electrons. The van der Waals surface area contributed by atoms with Crippen molar-refractivity contribution in [3.63, 3.8) is 0 Å². The number of hydrogen-bond donors (Lipinski definition) is 0. The van der Waals surface area contributed by atoms with E-state index in [1.807, 2.05) is 30.5 Å². The summed E-state index contributed by atoms with van der Waals surface area (Å²) < 4.78 is 1.76. The van der Waals surface area contributed by atoms with Gasteiger partial charge in [0.15, 0.2) is 0 Å². The highest BCUT2D eigenvalue weighted by molar-refractivity contribution is 6.35. The molecule has 5 heteroatoms. The quantitative estimate of drug-likeness (QED) is 0.696. The van der Waals surface area contributed by atoms with E-state index in [4.69, 9.17) is 11.6 Å². The van der Waals surface area contributed by atoms with Crippen molar-refractivity contribution in [2.45, 2.75) is 6.54 Å². The molecule has 0 spiro atoms. The van der Waals surface area contributed by atoms with Crippen molar-refractivity contribution in [3.8, 4) is 0 Å². The van der Waals surface area contributed by atoms with Crippen molar-refractivity contribution in [2.24, 2.45) is 0 Å². The number of aromatic nitrogens is 4. The summed E-state index contributed by atoms with van der Waals surface area (Å²) in [4.78, 5) is 4.38. The first-order valence-electron chi connectivity index (χ1n) is 5.21. The van der Waals surface area contributed by atoms with E-state index in [0.29, 0.717) is 6.54 Å². The Hall–Kier alpha value is -1.94. The number of hydrogen-bond acceptors (Lipinski definition) is 3. The van der Waals surface area contributed by atoms with E-state index in [0.717, 1.165) is 21.5 Å². The first-order valence-corrected chi connectivity index (χ1v) is 5.58. The summed E-state index contributed by atoms with van der Waals surface area (Å²) in [5.74, 6) is 0. The van der Waals surface area contributed by atoms with E-state index in [-0.39, 0.29) is 0 Å². The van der Waals surface area contributed by atoms with Crippen LogP contribution in [0.5, 0.6) is 0 Å². The molecule has 3 rings (SSSR count). The van der Waals surface area contributed by atoms with Gasteiger partial charge < -0.3 is 0 Å². The molecule has 0 unspecified atom stereocenters. The lowest BCUT2D eigenvalue weighted by Crippen LogP contribution is -2.02. The molecule has 0 amide bonds. The van der Waals surface area contributed by atoms with Gasteiger partial charge in [-0.25, -0.2) is 4.68 Å². The summed E-state index contributed by atoms with van der Waals surface area (Å²) in [5, 5.41) is 9.41. The largest absolute Gasteiger partial charge is 0.256 e. The Morgan fingerprint density at radius 3 is 2.94 bits per heavy atom. The van der Waals surface area contributed by atoms with Gasteiger partial charge in [0.05, 0.1) is 18.3 Å². The fourth-order valence-electron chi connectivity index (χ4n) is 1.82. The van der Waals surface area contributed by atoms with Crippen LogP contribution in [0.4, 0.5) is 0 Å². The minimum absolute atomic E-state index is 0.644. The highest BCUT2D eigenvalue weighted by atomic mass is 35.5.